The lowest BCUT2D eigenvalue weighted by atomic mass is 10.2. The van der Waals surface area contributed by atoms with Gasteiger partial charge in [-0.05, 0) is 20.4 Å². The van der Waals surface area contributed by atoms with Crippen molar-refractivity contribution in [3.8, 4) is 0 Å². The summed E-state index contributed by atoms with van der Waals surface area (Å²) >= 11 is 0. The van der Waals surface area contributed by atoms with Crippen LogP contribution in [0.15, 0.2) is 0 Å². The Morgan fingerprint density at radius 1 is 1.11 bits per heavy atom. The van der Waals surface area contributed by atoms with Gasteiger partial charge in [0.2, 0.25) is 0 Å². The predicted octanol–water partition coefficient (Wildman–Crippen LogP) is 1.28. The molecule has 0 bridgehead atoms. The molecule has 0 radical (unpaired) electrons. The van der Waals surface area contributed by atoms with Crippen molar-refractivity contribution >= 4 is 11.6 Å². The maximum absolute atomic E-state index is 4.61. The van der Waals surface area contributed by atoms with Crippen molar-refractivity contribution in [1.29, 1.82) is 0 Å². The zero-order chi connectivity index (χ0) is 13.1. The summed E-state index contributed by atoms with van der Waals surface area (Å²) in [7, 11) is 1.91. The second-order valence-corrected chi connectivity index (χ2v) is 4.74. The summed E-state index contributed by atoms with van der Waals surface area (Å²) in [6, 6.07) is 0. The van der Waals surface area contributed by atoms with Crippen molar-refractivity contribution in [1.82, 2.24) is 14.9 Å². The molecule has 5 heteroatoms. The number of nitrogens with one attached hydrogen (secondary N) is 1. The molecule has 2 rings (SSSR count). The summed E-state index contributed by atoms with van der Waals surface area (Å²) in [5.74, 6) is 2.86. The molecule has 0 spiro atoms. The third-order valence-electron chi connectivity index (χ3n) is 3.59. The Bertz CT molecular complexity index is 410. The van der Waals surface area contributed by atoms with E-state index in [0.717, 1.165) is 55.7 Å². The van der Waals surface area contributed by atoms with E-state index in [0.29, 0.717) is 0 Å². The van der Waals surface area contributed by atoms with Crippen LogP contribution in [0.1, 0.15) is 18.3 Å². The Morgan fingerprint density at radius 2 is 1.78 bits per heavy atom. The minimum absolute atomic E-state index is 0.831. The number of aryl methyl sites for hydroxylation is 1. The maximum Gasteiger partial charge on any atom is 0.137 e. The smallest absolute Gasteiger partial charge is 0.137 e. The van der Waals surface area contributed by atoms with Crippen molar-refractivity contribution in [2.75, 3.05) is 50.0 Å². The number of nitrogens with zero attached hydrogens (tertiary/aromatic N) is 4. The summed E-state index contributed by atoms with van der Waals surface area (Å²) in [6.45, 7) is 11.7. The Labute approximate surface area is 109 Å². The second-order valence-electron chi connectivity index (χ2n) is 4.74. The monoisotopic (exact) mass is 249 g/mol. The Morgan fingerprint density at radius 3 is 2.33 bits per heavy atom. The highest BCUT2D eigenvalue weighted by atomic mass is 15.3. The summed E-state index contributed by atoms with van der Waals surface area (Å²) in [5.41, 5.74) is 1.15. The Hall–Kier alpha value is -1.36. The van der Waals surface area contributed by atoms with Gasteiger partial charge < -0.3 is 15.1 Å². The third-order valence-corrected chi connectivity index (χ3v) is 3.59. The van der Waals surface area contributed by atoms with Gasteiger partial charge in [-0.2, -0.15) is 0 Å². The Kier molecular flexibility index (Phi) is 4.01. The molecule has 0 saturated carbocycles. The molecule has 0 aromatic carbocycles. The third kappa shape index (κ3) is 2.56. The van der Waals surface area contributed by atoms with Crippen LogP contribution in [0.25, 0.3) is 0 Å². The van der Waals surface area contributed by atoms with E-state index in [1.165, 1.54) is 0 Å². The summed E-state index contributed by atoms with van der Waals surface area (Å²) in [6.07, 6.45) is 0. The number of rotatable bonds is 3. The second kappa shape index (κ2) is 5.52. The first-order valence-electron chi connectivity index (χ1n) is 6.66. The van der Waals surface area contributed by atoms with E-state index in [1.54, 1.807) is 0 Å². The van der Waals surface area contributed by atoms with Crippen LogP contribution in [0.3, 0.4) is 0 Å². The molecule has 5 nitrogen and oxygen atoms in total. The number of aromatic nitrogens is 2. The molecule has 18 heavy (non-hydrogen) atoms. The van der Waals surface area contributed by atoms with E-state index in [1.807, 2.05) is 14.0 Å². The molecule has 1 aliphatic heterocycles. The lowest BCUT2D eigenvalue weighted by Gasteiger charge is -2.35. The number of piperazine rings is 1. The first kappa shape index (κ1) is 13.1. The lowest BCUT2D eigenvalue weighted by Crippen LogP contribution is -2.46. The van der Waals surface area contributed by atoms with Crippen LogP contribution in [0.2, 0.25) is 0 Å². The molecule has 2 heterocycles. The SMILES string of the molecule is CCN1CCN(c2nc(C)nc(NC)c2C)CC1. The molecule has 1 aromatic rings. The number of hydrogen-bond donors (Lipinski definition) is 1. The molecule has 0 atom stereocenters. The molecule has 1 N–H and O–H groups in total. The molecular formula is C13H23N5. The van der Waals surface area contributed by atoms with E-state index in [2.05, 4.69) is 38.9 Å². The van der Waals surface area contributed by atoms with Crippen LogP contribution in [0, 0.1) is 13.8 Å². The lowest BCUT2D eigenvalue weighted by molar-refractivity contribution is 0.270. The standard InChI is InChI=1S/C13H23N5/c1-5-17-6-8-18(9-7-17)13-10(2)12(14-4)15-11(3)16-13/h5-9H2,1-4H3,(H,14,15,16). The van der Waals surface area contributed by atoms with Gasteiger partial charge in [-0.25, -0.2) is 9.97 Å². The number of anilines is 2. The largest absolute Gasteiger partial charge is 0.373 e. The zero-order valence-electron chi connectivity index (χ0n) is 11.8. The van der Waals surface area contributed by atoms with Crippen LogP contribution in [0.5, 0.6) is 0 Å². The van der Waals surface area contributed by atoms with Gasteiger partial charge in [0.15, 0.2) is 0 Å². The quantitative estimate of drug-likeness (QED) is 0.874. The fourth-order valence-electron chi connectivity index (χ4n) is 2.44. The Balaban J connectivity index is 2.21. The van der Waals surface area contributed by atoms with Crippen LogP contribution >= 0.6 is 0 Å². The van der Waals surface area contributed by atoms with Gasteiger partial charge in [0, 0.05) is 38.8 Å². The molecule has 0 aliphatic carbocycles. The first-order chi connectivity index (χ1) is 8.65. The van der Waals surface area contributed by atoms with Crippen LogP contribution in [-0.2, 0) is 0 Å². The zero-order valence-corrected chi connectivity index (χ0v) is 11.8. The van der Waals surface area contributed by atoms with Gasteiger partial charge in [0.05, 0.1) is 0 Å². The van der Waals surface area contributed by atoms with Gasteiger partial charge in [-0.3, -0.25) is 0 Å². The predicted molar refractivity (Wildman–Crippen MR) is 75.4 cm³/mol. The summed E-state index contributed by atoms with van der Waals surface area (Å²) in [4.78, 5) is 13.9. The van der Waals surface area contributed by atoms with Crippen LogP contribution in [-0.4, -0.2) is 54.6 Å². The topological polar surface area (TPSA) is 44.3 Å². The molecular weight excluding hydrogens is 226 g/mol. The van der Waals surface area contributed by atoms with E-state index in [4.69, 9.17) is 0 Å². The molecule has 1 aliphatic rings. The van der Waals surface area contributed by atoms with Gasteiger partial charge in [0.25, 0.3) is 0 Å². The van der Waals surface area contributed by atoms with E-state index < -0.39 is 0 Å². The number of likely N-dealkylation sites (N-methyl/N-ethyl adjacent to an activating group) is 1. The average Bonchev–Trinajstić information content (AvgIpc) is 2.41. The van der Waals surface area contributed by atoms with Crippen molar-refractivity contribution in [3.05, 3.63) is 11.4 Å². The van der Waals surface area contributed by atoms with Gasteiger partial charge in [-0.15, -0.1) is 0 Å². The van der Waals surface area contributed by atoms with Gasteiger partial charge in [0.1, 0.15) is 17.5 Å². The van der Waals surface area contributed by atoms with Crippen molar-refractivity contribution in [3.63, 3.8) is 0 Å². The highest BCUT2D eigenvalue weighted by molar-refractivity contribution is 5.58. The molecule has 1 fully saturated rings. The molecule has 1 aromatic heterocycles. The van der Waals surface area contributed by atoms with Crippen molar-refractivity contribution in [2.45, 2.75) is 20.8 Å². The van der Waals surface area contributed by atoms with Crippen molar-refractivity contribution in [2.24, 2.45) is 0 Å². The fraction of sp³-hybridized carbons (Fsp3) is 0.692. The first-order valence-corrected chi connectivity index (χ1v) is 6.66. The maximum atomic E-state index is 4.61. The average molecular weight is 249 g/mol. The molecule has 1 saturated heterocycles. The van der Waals surface area contributed by atoms with Gasteiger partial charge >= 0.3 is 0 Å². The molecule has 100 valence electrons. The van der Waals surface area contributed by atoms with Crippen molar-refractivity contribution < 1.29 is 0 Å². The van der Waals surface area contributed by atoms with E-state index in [-0.39, 0.29) is 0 Å². The summed E-state index contributed by atoms with van der Waals surface area (Å²) < 4.78 is 0. The number of hydrogen-bond acceptors (Lipinski definition) is 5. The highest BCUT2D eigenvalue weighted by Gasteiger charge is 2.20. The minimum atomic E-state index is 0.831. The molecule has 0 unspecified atom stereocenters. The van der Waals surface area contributed by atoms with E-state index >= 15 is 0 Å². The van der Waals surface area contributed by atoms with Crippen LogP contribution in [0.4, 0.5) is 11.6 Å². The van der Waals surface area contributed by atoms with Crippen LogP contribution < -0.4 is 10.2 Å². The fourth-order valence-corrected chi connectivity index (χ4v) is 2.44. The highest BCUT2D eigenvalue weighted by Crippen LogP contribution is 2.24. The van der Waals surface area contributed by atoms with Gasteiger partial charge in [-0.1, -0.05) is 6.92 Å². The summed E-state index contributed by atoms with van der Waals surface area (Å²) in [5, 5.41) is 3.15. The molecule has 0 amide bonds. The normalized spacial score (nSPS) is 17.0. The van der Waals surface area contributed by atoms with E-state index in [9.17, 15) is 0 Å². The minimum Gasteiger partial charge on any atom is -0.373 e.